The Morgan fingerprint density at radius 2 is 1.93 bits per heavy atom. The molecule has 0 unspecified atom stereocenters. The van der Waals surface area contributed by atoms with Crippen molar-refractivity contribution < 1.29 is 4.79 Å². The van der Waals surface area contributed by atoms with Gasteiger partial charge in [-0.15, -0.1) is 11.8 Å². The lowest BCUT2D eigenvalue weighted by Gasteiger charge is -2.03. The molecule has 1 fully saturated rings. The number of carbonyl (C=O) groups is 1. The fraction of sp³-hybridized carbons (Fsp3) is 0.0952. The first-order chi connectivity index (χ1) is 13.6. The Hall–Kier alpha value is -2.35. The number of thiocarbonyl (C=S) groups is 1. The lowest BCUT2D eigenvalue weighted by atomic mass is 10.1. The molecule has 7 heteroatoms. The van der Waals surface area contributed by atoms with E-state index < -0.39 is 0 Å². The van der Waals surface area contributed by atoms with E-state index in [1.165, 1.54) is 16.7 Å². The number of thioether (sulfide) groups is 2. The van der Waals surface area contributed by atoms with Crippen molar-refractivity contribution in [1.82, 2.24) is 15.1 Å². The van der Waals surface area contributed by atoms with Crippen molar-refractivity contribution in [3.8, 4) is 16.9 Å². The van der Waals surface area contributed by atoms with E-state index in [-0.39, 0.29) is 5.91 Å². The Labute approximate surface area is 177 Å². The quantitative estimate of drug-likeness (QED) is 0.350. The number of hydrogen-bond acceptors (Lipinski definition) is 5. The lowest BCUT2D eigenvalue weighted by Crippen LogP contribution is -2.17. The molecule has 1 aliphatic heterocycles. The molecule has 1 amide bonds. The van der Waals surface area contributed by atoms with Crippen LogP contribution in [0.5, 0.6) is 0 Å². The van der Waals surface area contributed by atoms with E-state index in [1.54, 1.807) is 11.8 Å². The van der Waals surface area contributed by atoms with Crippen molar-refractivity contribution in [2.45, 2.75) is 11.8 Å². The lowest BCUT2D eigenvalue weighted by molar-refractivity contribution is -0.115. The molecule has 0 saturated carbocycles. The van der Waals surface area contributed by atoms with E-state index in [0.717, 1.165) is 28.3 Å². The first kappa shape index (κ1) is 19.0. The summed E-state index contributed by atoms with van der Waals surface area (Å²) >= 11 is 8.19. The summed E-state index contributed by atoms with van der Waals surface area (Å²) in [6.45, 7) is 2.14. The highest BCUT2D eigenvalue weighted by Crippen LogP contribution is 2.31. The maximum atomic E-state index is 12.1. The van der Waals surface area contributed by atoms with E-state index in [0.29, 0.717) is 9.23 Å². The van der Waals surface area contributed by atoms with Crippen molar-refractivity contribution in [3.63, 3.8) is 0 Å². The summed E-state index contributed by atoms with van der Waals surface area (Å²) < 4.78 is 2.32. The zero-order chi connectivity index (χ0) is 19.5. The molecule has 0 aliphatic carbocycles. The molecule has 1 aromatic heterocycles. The van der Waals surface area contributed by atoms with Crippen LogP contribution < -0.4 is 5.32 Å². The third kappa shape index (κ3) is 4.06. The number of aromatic nitrogens is 2. The normalized spacial score (nSPS) is 15.2. The highest BCUT2D eigenvalue weighted by atomic mass is 32.2. The summed E-state index contributed by atoms with van der Waals surface area (Å²) in [5.41, 5.74) is 3.68. The Balaban J connectivity index is 1.79. The van der Waals surface area contributed by atoms with E-state index in [1.807, 2.05) is 47.3 Å². The standard InChI is InChI=1S/C21H17N3OS3/c1-2-27-17-10-8-14(9-11-17)19-15(12-18-20(25)22-21(26)28-18)13-24(23-19)16-6-4-3-5-7-16/h3-13H,2H2,1H3,(H,22,25,26)/b18-12-. The van der Waals surface area contributed by atoms with Gasteiger partial charge in [0.25, 0.3) is 5.91 Å². The van der Waals surface area contributed by atoms with E-state index in [2.05, 4.69) is 36.5 Å². The van der Waals surface area contributed by atoms with E-state index >= 15 is 0 Å². The van der Waals surface area contributed by atoms with Crippen molar-refractivity contribution in [3.05, 3.63) is 71.3 Å². The number of amides is 1. The van der Waals surface area contributed by atoms with Crippen molar-refractivity contribution in [1.29, 1.82) is 0 Å². The van der Waals surface area contributed by atoms with E-state index in [4.69, 9.17) is 17.3 Å². The SMILES string of the molecule is CCSc1ccc(-c2nn(-c3ccccc3)cc2/C=C2\SC(=S)NC2=O)cc1. The smallest absolute Gasteiger partial charge is 0.263 e. The average molecular weight is 424 g/mol. The molecule has 4 rings (SSSR count). The van der Waals surface area contributed by atoms with Crippen LogP contribution in [-0.2, 0) is 4.79 Å². The maximum absolute atomic E-state index is 12.1. The minimum atomic E-state index is -0.164. The van der Waals surface area contributed by atoms with Crippen LogP contribution in [-0.4, -0.2) is 25.8 Å². The van der Waals surface area contributed by atoms with Crippen LogP contribution in [0.15, 0.2) is 70.6 Å². The number of benzene rings is 2. The van der Waals surface area contributed by atoms with Gasteiger partial charge in [-0.3, -0.25) is 4.79 Å². The maximum Gasteiger partial charge on any atom is 0.263 e. The van der Waals surface area contributed by atoms with Gasteiger partial charge in [-0.25, -0.2) is 4.68 Å². The molecule has 4 nitrogen and oxygen atoms in total. The Kier molecular flexibility index (Phi) is 5.66. The fourth-order valence-electron chi connectivity index (χ4n) is 2.87. The van der Waals surface area contributed by atoms with Gasteiger partial charge in [0.05, 0.1) is 16.3 Å². The molecule has 0 atom stereocenters. The van der Waals surface area contributed by atoms with Gasteiger partial charge in [0.1, 0.15) is 4.32 Å². The number of carbonyl (C=O) groups excluding carboxylic acids is 1. The number of nitrogens with one attached hydrogen (secondary N) is 1. The molecule has 2 aromatic carbocycles. The molecule has 1 aliphatic rings. The molecule has 140 valence electrons. The first-order valence-corrected chi connectivity index (χ1v) is 11.0. The van der Waals surface area contributed by atoms with Crippen LogP contribution in [0.1, 0.15) is 12.5 Å². The van der Waals surface area contributed by atoms with Gasteiger partial charge < -0.3 is 5.32 Å². The average Bonchev–Trinajstić information content (AvgIpc) is 3.26. The van der Waals surface area contributed by atoms with Crippen molar-refractivity contribution >= 4 is 52.0 Å². The van der Waals surface area contributed by atoms with Crippen LogP contribution >= 0.6 is 35.7 Å². The van der Waals surface area contributed by atoms with Crippen molar-refractivity contribution in [2.75, 3.05) is 5.75 Å². The van der Waals surface area contributed by atoms with Crippen LogP contribution in [0.2, 0.25) is 0 Å². The molecular weight excluding hydrogens is 406 g/mol. The Bertz CT molecular complexity index is 1060. The minimum absolute atomic E-state index is 0.164. The third-order valence-electron chi connectivity index (χ3n) is 4.13. The van der Waals surface area contributed by atoms with Crippen molar-refractivity contribution in [2.24, 2.45) is 0 Å². The summed E-state index contributed by atoms with van der Waals surface area (Å²) in [6, 6.07) is 18.3. The highest BCUT2D eigenvalue weighted by Gasteiger charge is 2.23. The molecular formula is C21H17N3OS3. The topological polar surface area (TPSA) is 46.9 Å². The molecule has 3 aromatic rings. The number of para-hydroxylation sites is 1. The van der Waals surface area contributed by atoms with Crippen LogP contribution in [0.3, 0.4) is 0 Å². The number of nitrogens with zero attached hydrogens (tertiary/aromatic N) is 2. The molecule has 1 saturated heterocycles. The number of rotatable bonds is 5. The van der Waals surface area contributed by atoms with Gasteiger partial charge in [-0.1, -0.05) is 61.2 Å². The summed E-state index contributed by atoms with van der Waals surface area (Å²) in [6.07, 6.45) is 3.80. The molecule has 1 N–H and O–H groups in total. The minimum Gasteiger partial charge on any atom is -0.307 e. The van der Waals surface area contributed by atoms with Crippen LogP contribution in [0, 0.1) is 0 Å². The predicted molar refractivity (Wildman–Crippen MR) is 122 cm³/mol. The monoisotopic (exact) mass is 423 g/mol. The summed E-state index contributed by atoms with van der Waals surface area (Å²) in [7, 11) is 0. The predicted octanol–water partition coefficient (Wildman–Crippen LogP) is 5.14. The summed E-state index contributed by atoms with van der Waals surface area (Å²) in [5.74, 6) is 0.870. The second-order valence-corrected chi connectivity index (χ2v) is 9.08. The second-order valence-electron chi connectivity index (χ2n) is 6.02. The van der Waals surface area contributed by atoms with Gasteiger partial charge in [-0.05, 0) is 36.1 Å². The third-order valence-corrected chi connectivity index (χ3v) is 6.19. The van der Waals surface area contributed by atoms with Crippen LogP contribution in [0.25, 0.3) is 23.0 Å². The first-order valence-electron chi connectivity index (χ1n) is 8.77. The van der Waals surface area contributed by atoms with E-state index in [9.17, 15) is 4.79 Å². The fourth-order valence-corrected chi connectivity index (χ4v) is 4.57. The molecule has 0 bridgehead atoms. The van der Waals surface area contributed by atoms with Gasteiger partial charge in [-0.2, -0.15) is 5.10 Å². The molecule has 0 radical (unpaired) electrons. The van der Waals surface area contributed by atoms with Gasteiger partial charge >= 0.3 is 0 Å². The Morgan fingerprint density at radius 3 is 2.57 bits per heavy atom. The highest BCUT2D eigenvalue weighted by molar-refractivity contribution is 8.26. The second kappa shape index (κ2) is 8.34. The Morgan fingerprint density at radius 1 is 1.18 bits per heavy atom. The molecule has 2 heterocycles. The largest absolute Gasteiger partial charge is 0.307 e. The van der Waals surface area contributed by atoms with Gasteiger partial charge in [0.2, 0.25) is 0 Å². The van der Waals surface area contributed by atoms with Gasteiger partial charge in [0, 0.05) is 22.2 Å². The van der Waals surface area contributed by atoms with Gasteiger partial charge in [0.15, 0.2) is 0 Å². The summed E-state index contributed by atoms with van der Waals surface area (Å²) in [5, 5.41) is 7.47. The zero-order valence-electron chi connectivity index (χ0n) is 15.1. The summed E-state index contributed by atoms with van der Waals surface area (Å²) in [4.78, 5) is 13.9. The zero-order valence-corrected chi connectivity index (χ0v) is 17.5. The molecule has 28 heavy (non-hydrogen) atoms. The number of hydrogen-bond donors (Lipinski definition) is 1. The van der Waals surface area contributed by atoms with Crippen LogP contribution in [0.4, 0.5) is 0 Å². The molecule has 0 spiro atoms.